The molecule has 0 spiro atoms. The zero-order valence-electron chi connectivity index (χ0n) is 10.2. The van der Waals surface area contributed by atoms with Crippen LogP contribution in [0.15, 0.2) is 0 Å². The van der Waals surface area contributed by atoms with E-state index in [1.54, 1.807) is 7.05 Å². The Bertz CT molecular complexity index is 223. The van der Waals surface area contributed by atoms with Crippen LogP contribution in [-0.2, 0) is 0 Å². The van der Waals surface area contributed by atoms with Crippen LogP contribution in [0.5, 0.6) is 0 Å². The molecule has 1 rings (SSSR count). The summed E-state index contributed by atoms with van der Waals surface area (Å²) < 4.78 is 36.8. The van der Waals surface area contributed by atoms with E-state index >= 15 is 0 Å². The van der Waals surface area contributed by atoms with Gasteiger partial charge in [-0.3, -0.25) is 0 Å². The number of halogens is 3. The van der Waals surface area contributed by atoms with E-state index in [9.17, 15) is 13.2 Å². The van der Waals surface area contributed by atoms with Gasteiger partial charge in [0.25, 0.3) is 0 Å². The topological polar surface area (TPSA) is 12.0 Å². The second-order valence-corrected chi connectivity index (χ2v) is 6.83. The summed E-state index contributed by atoms with van der Waals surface area (Å²) in [4.78, 5) is 0. The summed E-state index contributed by atoms with van der Waals surface area (Å²) in [5.74, 6) is 2.17. The van der Waals surface area contributed by atoms with Crippen LogP contribution in [0.2, 0.25) is 0 Å². The van der Waals surface area contributed by atoms with Gasteiger partial charge in [0, 0.05) is 34.5 Å². The van der Waals surface area contributed by atoms with E-state index in [0.717, 1.165) is 17.9 Å². The van der Waals surface area contributed by atoms with Crippen molar-refractivity contribution in [3.8, 4) is 0 Å². The summed E-state index contributed by atoms with van der Waals surface area (Å²) in [6, 6.07) is -0.0284. The van der Waals surface area contributed by atoms with Gasteiger partial charge in [-0.2, -0.15) is 36.7 Å². The monoisotopic (exact) mass is 287 g/mol. The molecule has 3 unspecified atom stereocenters. The predicted octanol–water partition coefficient (Wildman–Crippen LogP) is 3.54. The fourth-order valence-corrected chi connectivity index (χ4v) is 5.45. The molecular formula is C11H20F3NS2. The summed E-state index contributed by atoms with van der Waals surface area (Å²) >= 11 is 3.73. The molecule has 0 aromatic carbocycles. The largest absolute Gasteiger partial charge is 0.389 e. The van der Waals surface area contributed by atoms with Crippen molar-refractivity contribution in [1.29, 1.82) is 0 Å². The molecule has 1 N–H and O–H groups in total. The van der Waals surface area contributed by atoms with Crippen LogP contribution in [0.3, 0.4) is 0 Å². The van der Waals surface area contributed by atoms with Gasteiger partial charge in [-0.1, -0.05) is 6.92 Å². The molecule has 3 atom stereocenters. The molecule has 1 aliphatic heterocycles. The lowest BCUT2D eigenvalue weighted by atomic mass is 10.0. The lowest BCUT2D eigenvalue weighted by Gasteiger charge is -2.36. The Morgan fingerprint density at radius 1 is 1.29 bits per heavy atom. The average molecular weight is 287 g/mol. The summed E-state index contributed by atoms with van der Waals surface area (Å²) in [6.07, 6.45) is -3.50. The second-order valence-electron chi connectivity index (χ2n) is 4.20. The minimum Gasteiger partial charge on any atom is -0.316 e. The lowest BCUT2D eigenvalue weighted by Crippen LogP contribution is -2.44. The van der Waals surface area contributed by atoms with Gasteiger partial charge in [0.2, 0.25) is 0 Å². The molecule has 1 fully saturated rings. The van der Waals surface area contributed by atoms with Crippen molar-refractivity contribution < 1.29 is 13.2 Å². The maximum absolute atomic E-state index is 12.3. The maximum atomic E-state index is 12.3. The molecule has 1 aliphatic rings. The SMILES string of the molecule is CCC1SCCSC1C(CCC(F)(F)F)NC. The first-order valence-corrected chi connectivity index (χ1v) is 8.05. The van der Waals surface area contributed by atoms with Gasteiger partial charge < -0.3 is 5.32 Å². The van der Waals surface area contributed by atoms with Crippen molar-refractivity contribution in [2.24, 2.45) is 0 Å². The summed E-state index contributed by atoms with van der Waals surface area (Å²) in [5, 5.41) is 3.87. The Hall–Kier alpha value is 0.450. The first kappa shape index (κ1) is 15.5. The third-order valence-corrected chi connectivity index (χ3v) is 6.41. The Balaban J connectivity index is 2.52. The molecule has 6 heteroatoms. The standard InChI is InChI=1S/C11H20F3NS2/c1-3-9-10(17-7-6-16-9)8(15-2)4-5-11(12,13)14/h8-10,15H,3-7H2,1-2H3. The van der Waals surface area contributed by atoms with Gasteiger partial charge in [0.15, 0.2) is 0 Å². The third-order valence-electron chi connectivity index (χ3n) is 3.00. The minimum absolute atomic E-state index is 0.0284. The quantitative estimate of drug-likeness (QED) is 0.830. The van der Waals surface area contributed by atoms with Crippen LogP contribution in [-0.4, -0.2) is 41.3 Å². The summed E-state index contributed by atoms with van der Waals surface area (Å²) in [6.45, 7) is 2.12. The smallest absolute Gasteiger partial charge is 0.316 e. The first-order chi connectivity index (χ1) is 7.98. The molecule has 0 aliphatic carbocycles. The Morgan fingerprint density at radius 3 is 2.47 bits per heavy atom. The van der Waals surface area contributed by atoms with E-state index in [1.807, 2.05) is 23.5 Å². The Labute approximate surface area is 110 Å². The fourth-order valence-electron chi connectivity index (χ4n) is 2.10. The first-order valence-electron chi connectivity index (χ1n) is 5.95. The van der Waals surface area contributed by atoms with E-state index in [2.05, 4.69) is 12.2 Å². The molecular weight excluding hydrogens is 267 g/mol. The van der Waals surface area contributed by atoms with Gasteiger partial charge in [-0.25, -0.2) is 0 Å². The van der Waals surface area contributed by atoms with Crippen LogP contribution < -0.4 is 5.32 Å². The minimum atomic E-state index is -4.04. The highest BCUT2D eigenvalue weighted by Gasteiger charge is 2.34. The van der Waals surface area contributed by atoms with Crippen LogP contribution >= 0.6 is 23.5 Å². The Morgan fingerprint density at radius 2 is 1.94 bits per heavy atom. The van der Waals surface area contributed by atoms with E-state index in [0.29, 0.717) is 10.5 Å². The number of hydrogen-bond donors (Lipinski definition) is 1. The Kier molecular flexibility index (Phi) is 6.51. The number of thioether (sulfide) groups is 2. The van der Waals surface area contributed by atoms with Crippen LogP contribution in [0.4, 0.5) is 13.2 Å². The van der Waals surface area contributed by atoms with Crippen LogP contribution in [0.25, 0.3) is 0 Å². The summed E-state index contributed by atoms with van der Waals surface area (Å²) in [7, 11) is 1.77. The van der Waals surface area contributed by atoms with E-state index in [4.69, 9.17) is 0 Å². The number of nitrogens with one attached hydrogen (secondary N) is 1. The molecule has 1 nitrogen and oxygen atoms in total. The summed E-state index contributed by atoms with van der Waals surface area (Å²) in [5.41, 5.74) is 0. The van der Waals surface area contributed by atoms with Crippen molar-refractivity contribution in [2.45, 2.75) is 48.9 Å². The molecule has 0 bridgehead atoms. The number of hydrogen-bond acceptors (Lipinski definition) is 3. The molecule has 0 radical (unpaired) electrons. The molecule has 0 saturated carbocycles. The van der Waals surface area contributed by atoms with Gasteiger partial charge in [0.05, 0.1) is 0 Å². The van der Waals surface area contributed by atoms with Gasteiger partial charge in [-0.05, 0) is 19.9 Å². The van der Waals surface area contributed by atoms with Gasteiger partial charge >= 0.3 is 6.18 Å². The van der Waals surface area contributed by atoms with Crippen molar-refractivity contribution in [3.63, 3.8) is 0 Å². The highest BCUT2D eigenvalue weighted by atomic mass is 32.2. The van der Waals surface area contributed by atoms with Gasteiger partial charge in [0.1, 0.15) is 0 Å². The molecule has 0 aromatic heterocycles. The van der Waals surface area contributed by atoms with E-state index < -0.39 is 12.6 Å². The second kappa shape index (κ2) is 7.14. The molecule has 102 valence electrons. The number of rotatable bonds is 5. The highest BCUT2D eigenvalue weighted by molar-refractivity contribution is 8.07. The van der Waals surface area contributed by atoms with E-state index in [-0.39, 0.29) is 12.5 Å². The number of alkyl halides is 3. The van der Waals surface area contributed by atoms with Crippen molar-refractivity contribution in [2.75, 3.05) is 18.6 Å². The highest BCUT2D eigenvalue weighted by Crippen LogP contribution is 2.37. The fraction of sp³-hybridized carbons (Fsp3) is 1.00. The third kappa shape index (κ3) is 5.30. The van der Waals surface area contributed by atoms with Crippen LogP contribution in [0, 0.1) is 0 Å². The molecule has 1 saturated heterocycles. The van der Waals surface area contributed by atoms with E-state index in [1.165, 1.54) is 0 Å². The lowest BCUT2D eigenvalue weighted by molar-refractivity contribution is -0.136. The molecule has 1 heterocycles. The van der Waals surface area contributed by atoms with Crippen molar-refractivity contribution in [3.05, 3.63) is 0 Å². The molecule has 0 amide bonds. The zero-order chi connectivity index (χ0) is 12.9. The normalized spacial score (nSPS) is 28.1. The van der Waals surface area contributed by atoms with Crippen molar-refractivity contribution in [1.82, 2.24) is 5.32 Å². The molecule has 0 aromatic rings. The average Bonchev–Trinajstić information content (AvgIpc) is 2.29. The maximum Gasteiger partial charge on any atom is 0.389 e. The van der Waals surface area contributed by atoms with Gasteiger partial charge in [-0.15, -0.1) is 0 Å². The van der Waals surface area contributed by atoms with Crippen LogP contribution in [0.1, 0.15) is 26.2 Å². The molecule has 17 heavy (non-hydrogen) atoms. The zero-order valence-corrected chi connectivity index (χ0v) is 11.9. The van der Waals surface area contributed by atoms with Crippen molar-refractivity contribution >= 4 is 23.5 Å². The predicted molar refractivity (Wildman–Crippen MR) is 70.9 cm³/mol.